The van der Waals surface area contributed by atoms with E-state index in [2.05, 4.69) is 0 Å². The van der Waals surface area contributed by atoms with E-state index in [1.54, 1.807) is 48.5 Å². The van der Waals surface area contributed by atoms with Gasteiger partial charge >= 0.3 is 11.7 Å². The lowest BCUT2D eigenvalue weighted by atomic mass is 10.1. The smallest absolute Gasteiger partial charge is 0.340 e. The lowest BCUT2D eigenvalue weighted by Crippen LogP contribution is -2.48. The summed E-state index contributed by atoms with van der Waals surface area (Å²) in [6.45, 7) is 11.0. The van der Waals surface area contributed by atoms with E-state index in [0.29, 0.717) is 10.1 Å². The zero-order valence-corrected chi connectivity index (χ0v) is 24.1. The van der Waals surface area contributed by atoms with Crippen molar-refractivity contribution in [3.63, 3.8) is 0 Å². The molecule has 4 atom stereocenters. The monoisotopic (exact) mass is 564 g/mol. The van der Waals surface area contributed by atoms with Crippen LogP contribution >= 0.6 is 0 Å². The number of benzene rings is 2. The summed E-state index contributed by atoms with van der Waals surface area (Å²) in [5, 5.41) is 0. The number of rotatable bonds is 7. The summed E-state index contributed by atoms with van der Waals surface area (Å²) >= 11 is 0. The van der Waals surface area contributed by atoms with Crippen molar-refractivity contribution in [3.8, 4) is 0 Å². The van der Waals surface area contributed by atoms with Crippen LogP contribution in [0.15, 0.2) is 82.5 Å². The van der Waals surface area contributed by atoms with Crippen molar-refractivity contribution >= 4 is 11.9 Å². The molecule has 1 aliphatic rings. The normalized spacial score (nSPS) is 21.0. The summed E-state index contributed by atoms with van der Waals surface area (Å²) in [5.74, 6) is -1.31. The first-order valence-electron chi connectivity index (χ1n) is 13.4. The topological polar surface area (TPSA) is 115 Å². The van der Waals surface area contributed by atoms with E-state index in [0.717, 1.165) is 10.6 Å². The van der Waals surface area contributed by atoms with Crippen LogP contribution in [0.25, 0.3) is 0 Å². The summed E-state index contributed by atoms with van der Waals surface area (Å²) in [7, 11) is 0. The molecule has 0 unspecified atom stereocenters. The van der Waals surface area contributed by atoms with Gasteiger partial charge in [0.25, 0.3) is 11.5 Å². The average Bonchev–Trinajstić information content (AvgIpc) is 3.21. The number of aromatic nitrogens is 2. The molecule has 1 saturated heterocycles. The zero-order chi connectivity index (χ0) is 29.9. The molecule has 1 aromatic heterocycles. The second kappa shape index (κ2) is 11.9. The fraction of sp³-hybridized carbons (Fsp3) is 0.419. The lowest BCUT2D eigenvalue weighted by Gasteiger charge is -2.35. The highest BCUT2D eigenvalue weighted by Gasteiger charge is 2.51. The first-order chi connectivity index (χ1) is 19.2. The van der Waals surface area contributed by atoms with Crippen molar-refractivity contribution in [2.75, 3.05) is 6.61 Å². The van der Waals surface area contributed by atoms with Crippen molar-refractivity contribution in [1.29, 1.82) is 0 Å². The average molecular weight is 565 g/mol. The van der Waals surface area contributed by atoms with Gasteiger partial charge in [-0.05, 0) is 65.8 Å². The van der Waals surface area contributed by atoms with Crippen LogP contribution in [0.1, 0.15) is 68.5 Å². The molecule has 0 spiro atoms. The second-order valence-electron chi connectivity index (χ2n) is 11.8. The Labute approximate surface area is 238 Å². The Hall–Kier alpha value is -3.86. The molecule has 4 rings (SSSR count). The van der Waals surface area contributed by atoms with E-state index in [-0.39, 0.29) is 12.2 Å². The molecule has 41 heavy (non-hydrogen) atoms. The molecule has 0 bridgehead atoms. The Bertz CT molecular complexity index is 1480. The van der Waals surface area contributed by atoms with Crippen molar-refractivity contribution < 1.29 is 28.5 Å². The van der Waals surface area contributed by atoms with Crippen LogP contribution in [0.2, 0.25) is 0 Å². The van der Waals surface area contributed by atoms with Gasteiger partial charge in [0.05, 0.1) is 16.8 Å². The predicted octanol–water partition coefficient (Wildman–Crippen LogP) is 3.82. The highest BCUT2D eigenvalue weighted by Crippen LogP contribution is 2.37. The van der Waals surface area contributed by atoms with Gasteiger partial charge in [0, 0.05) is 17.8 Å². The van der Waals surface area contributed by atoms with Gasteiger partial charge in [0.2, 0.25) is 0 Å². The quantitative estimate of drug-likeness (QED) is 0.398. The molecule has 1 aliphatic heterocycles. The highest BCUT2D eigenvalue weighted by molar-refractivity contribution is 5.95. The molecule has 0 radical (unpaired) electrons. The first-order valence-corrected chi connectivity index (χ1v) is 13.4. The number of carbonyl (C=O) groups is 2. The minimum atomic E-state index is -1.11. The molecule has 0 N–H and O–H groups in total. The Morgan fingerprint density at radius 3 is 1.88 bits per heavy atom. The lowest BCUT2D eigenvalue weighted by molar-refractivity contribution is -0.164. The standard InChI is InChI=1S/C31H36N2O8/c1-30(2,3)40-24-22(19-38-28(36)21-15-11-8-12-16-21)39-27(25(24)41-31(4,5)6)32-18-17-23(34)33(29(32)37)26(35)20-13-9-7-10-14-20/h7-18,22,24-25,27H,19H2,1-6H3/t22-,24-,25-,27-/m1/s1. The number of nitrogens with zero attached hydrogens (tertiary/aromatic N) is 2. The number of ether oxygens (including phenoxy) is 4. The minimum Gasteiger partial charge on any atom is -0.459 e. The van der Waals surface area contributed by atoms with Crippen LogP contribution in [-0.4, -0.2) is 57.1 Å². The number of hydrogen-bond donors (Lipinski definition) is 0. The van der Waals surface area contributed by atoms with Crippen molar-refractivity contribution in [1.82, 2.24) is 9.13 Å². The van der Waals surface area contributed by atoms with Crippen molar-refractivity contribution in [2.45, 2.75) is 77.3 Å². The molecular formula is C31H36N2O8. The van der Waals surface area contributed by atoms with Crippen molar-refractivity contribution in [3.05, 3.63) is 105 Å². The van der Waals surface area contributed by atoms with Crippen LogP contribution in [0, 0.1) is 0 Å². The molecule has 10 heteroatoms. The number of esters is 1. The third kappa shape index (κ3) is 7.27. The summed E-state index contributed by atoms with van der Waals surface area (Å²) in [4.78, 5) is 52.3. The number of hydrogen-bond acceptors (Lipinski definition) is 8. The molecule has 0 aliphatic carbocycles. The van der Waals surface area contributed by atoms with Crippen LogP contribution in [0.5, 0.6) is 0 Å². The predicted molar refractivity (Wildman–Crippen MR) is 151 cm³/mol. The Kier molecular flexibility index (Phi) is 8.77. The maximum Gasteiger partial charge on any atom is 0.340 e. The van der Waals surface area contributed by atoms with Gasteiger partial charge in [-0.1, -0.05) is 36.4 Å². The second-order valence-corrected chi connectivity index (χ2v) is 11.8. The fourth-order valence-electron chi connectivity index (χ4n) is 4.55. The SMILES string of the molecule is CC(C)(C)O[C@@H]1[C@H](OC(C)(C)C)[C@@H](COC(=O)c2ccccc2)O[C@H]1n1ccc(=O)n(C(=O)c2ccccc2)c1=O. The van der Waals surface area contributed by atoms with Crippen molar-refractivity contribution in [2.24, 2.45) is 0 Å². The van der Waals surface area contributed by atoms with Gasteiger partial charge in [0.1, 0.15) is 24.9 Å². The van der Waals surface area contributed by atoms with E-state index >= 15 is 0 Å². The maximum absolute atomic E-state index is 13.7. The van der Waals surface area contributed by atoms with E-state index in [9.17, 15) is 19.2 Å². The zero-order valence-electron chi connectivity index (χ0n) is 24.1. The molecule has 1 fully saturated rings. The molecule has 2 heterocycles. The summed E-state index contributed by atoms with van der Waals surface area (Å²) in [6.07, 6.45) is -2.32. The van der Waals surface area contributed by atoms with E-state index in [1.165, 1.54) is 18.3 Å². The summed E-state index contributed by atoms with van der Waals surface area (Å²) in [6, 6.07) is 17.7. The molecule has 218 valence electrons. The van der Waals surface area contributed by atoms with Gasteiger partial charge in [-0.15, -0.1) is 0 Å². The van der Waals surface area contributed by atoms with Crippen LogP contribution in [0.3, 0.4) is 0 Å². The third-order valence-electron chi connectivity index (χ3n) is 6.16. The molecule has 0 saturated carbocycles. The van der Waals surface area contributed by atoms with Crippen LogP contribution < -0.4 is 11.2 Å². The Balaban J connectivity index is 1.74. The molecule has 10 nitrogen and oxygen atoms in total. The van der Waals surface area contributed by atoms with E-state index in [1.807, 2.05) is 41.5 Å². The van der Waals surface area contributed by atoms with E-state index < -0.39 is 58.9 Å². The molecule has 0 amide bonds. The van der Waals surface area contributed by atoms with Gasteiger partial charge in [-0.2, -0.15) is 4.57 Å². The molecular weight excluding hydrogens is 528 g/mol. The molecule has 3 aromatic rings. The van der Waals surface area contributed by atoms with E-state index in [4.69, 9.17) is 18.9 Å². The minimum absolute atomic E-state index is 0.180. The maximum atomic E-state index is 13.7. The third-order valence-corrected chi connectivity index (χ3v) is 6.16. The molecule has 2 aromatic carbocycles. The summed E-state index contributed by atoms with van der Waals surface area (Å²) < 4.78 is 26.4. The van der Waals surface area contributed by atoms with Crippen LogP contribution in [0.4, 0.5) is 0 Å². The Morgan fingerprint density at radius 2 is 1.32 bits per heavy atom. The van der Waals surface area contributed by atoms with Gasteiger partial charge < -0.3 is 18.9 Å². The Morgan fingerprint density at radius 1 is 0.780 bits per heavy atom. The summed E-state index contributed by atoms with van der Waals surface area (Å²) in [5.41, 5.74) is -2.46. The number of carbonyl (C=O) groups excluding carboxylic acids is 2. The van der Waals surface area contributed by atoms with Gasteiger partial charge in [0.15, 0.2) is 6.23 Å². The largest absolute Gasteiger partial charge is 0.459 e. The van der Waals surface area contributed by atoms with Gasteiger partial charge in [-0.25, -0.2) is 9.59 Å². The fourth-order valence-corrected chi connectivity index (χ4v) is 4.55. The first kappa shape index (κ1) is 30.1. The van der Waals surface area contributed by atoms with Crippen LogP contribution in [-0.2, 0) is 18.9 Å². The highest BCUT2D eigenvalue weighted by atomic mass is 16.6. The van der Waals surface area contributed by atoms with Gasteiger partial charge in [-0.3, -0.25) is 14.2 Å².